The average molecular weight is 281 g/mol. The number of H-pyrrole nitrogens is 1. The third-order valence-corrected chi connectivity index (χ3v) is 3.65. The van der Waals surface area contributed by atoms with E-state index in [-0.39, 0.29) is 36.6 Å². The minimum absolute atomic E-state index is 0.00224. The number of imidazole rings is 1. The number of aromatic nitrogens is 4. The van der Waals surface area contributed by atoms with Crippen molar-refractivity contribution in [2.75, 3.05) is 25.6 Å². The standard InChI is InChI=1S/C11H15N5O4/c12-11-14-9-8(10(19)15-11)13-4-16(9)6-3-20-7(2-18)5(6)1-17/h4-7,17-18H,1-3H2,(H3,12,14,15,19)/t5-,6+,7-/m1/s1. The fraction of sp³-hybridized carbons (Fsp3) is 0.545. The number of hydrogen-bond acceptors (Lipinski definition) is 7. The number of aliphatic hydroxyl groups is 2. The second-order valence-electron chi connectivity index (χ2n) is 4.74. The summed E-state index contributed by atoms with van der Waals surface area (Å²) in [6, 6.07) is -0.254. The number of rotatable bonds is 3. The number of nitrogens with two attached hydrogens (primary N) is 1. The Morgan fingerprint density at radius 2 is 2.30 bits per heavy atom. The number of fused-ring (bicyclic) bond motifs is 1. The molecule has 3 heterocycles. The van der Waals surface area contributed by atoms with Crippen molar-refractivity contribution in [3.63, 3.8) is 0 Å². The van der Waals surface area contributed by atoms with Gasteiger partial charge in [0.15, 0.2) is 11.2 Å². The van der Waals surface area contributed by atoms with Gasteiger partial charge in [-0.1, -0.05) is 0 Å². The molecule has 0 amide bonds. The molecule has 0 unspecified atom stereocenters. The topological polar surface area (TPSA) is 139 Å². The van der Waals surface area contributed by atoms with Crippen molar-refractivity contribution in [2.24, 2.45) is 5.92 Å². The predicted octanol–water partition coefficient (Wildman–Crippen LogP) is -1.76. The van der Waals surface area contributed by atoms with E-state index in [4.69, 9.17) is 10.5 Å². The summed E-state index contributed by atoms with van der Waals surface area (Å²) < 4.78 is 7.11. The highest BCUT2D eigenvalue weighted by Gasteiger charge is 2.38. The van der Waals surface area contributed by atoms with E-state index >= 15 is 0 Å². The van der Waals surface area contributed by atoms with Crippen LogP contribution in [0.4, 0.5) is 5.95 Å². The van der Waals surface area contributed by atoms with Crippen LogP contribution in [0.25, 0.3) is 11.2 Å². The van der Waals surface area contributed by atoms with Gasteiger partial charge in [0.2, 0.25) is 5.95 Å². The second-order valence-corrected chi connectivity index (χ2v) is 4.74. The van der Waals surface area contributed by atoms with Gasteiger partial charge in [-0.25, -0.2) is 4.98 Å². The van der Waals surface area contributed by atoms with Crippen LogP contribution in [0.3, 0.4) is 0 Å². The van der Waals surface area contributed by atoms with E-state index in [1.54, 1.807) is 4.57 Å². The maximum atomic E-state index is 11.7. The lowest BCUT2D eigenvalue weighted by molar-refractivity contribution is 0.0268. The monoisotopic (exact) mass is 281 g/mol. The SMILES string of the molecule is Nc1nc2c(ncn2[C@H]2CO[C@H](CO)[C@@H]2CO)c(=O)[nH]1. The summed E-state index contributed by atoms with van der Waals surface area (Å²) in [5.41, 5.74) is 5.66. The highest BCUT2D eigenvalue weighted by Crippen LogP contribution is 2.32. The Kier molecular flexibility index (Phi) is 3.16. The fourth-order valence-corrected chi connectivity index (χ4v) is 2.62. The van der Waals surface area contributed by atoms with Crippen molar-refractivity contribution in [2.45, 2.75) is 12.1 Å². The van der Waals surface area contributed by atoms with Crippen LogP contribution in [0, 0.1) is 5.92 Å². The molecular formula is C11H15N5O4. The van der Waals surface area contributed by atoms with Gasteiger partial charge in [-0.3, -0.25) is 9.78 Å². The van der Waals surface area contributed by atoms with Crippen LogP contribution >= 0.6 is 0 Å². The highest BCUT2D eigenvalue weighted by molar-refractivity contribution is 5.70. The number of hydrogen-bond donors (Lipinski definition) is 4. The normalized spacial score (nSPS) is 26.4. The molecule has 0 radical (unpaired) electrons. The third-order valence-electron chi connectivity index (χ3n) is 3.65. The first-order valence-electron chi connectivity index (χ1n) is 6.21. The van der Waals surface area contributed by atoms with Crippen LogP contribution in [0.2, 0.25) is 0 Å². The van der Waals surface area contributed by atoms with E-state index in [2.05, 4.69) is 15.0 Å². The maximum Gasteiger partial charge on any atom is 0.280 e. The number of aliphatic hydroxyl groups excluding tert-OH is 2. The van der Waals surface area contributed by atoms with Gasteiger partial charge in [0.05, 0.1) is 38.3 Å². The zero-order chi connectivity index (χ0) is 14.3. The summed E-state index contributed by atoms with van der Waals surface area (Å²) in [7, 11) is 0. The van der Waals surface area contributed by atoms with Gasteiger partial charge in [0.25, 0.3) is 5.56 Å². The molecule has 1 fully saturated rings. The Morgan fingerprint density at radius 3 is 3.00 bits per heavy atom. The molecule has 1 aliphatic heterocycles. The minimum Gasteiger partial charge on any atom is -0.396 e. The Morgan fingerprint density at radius 1 is 1.50 bits per heavy atom. The van der Waals surface area contributed by atoms with Gasteiger partial charge in [-0.2, -0.15) is 4.98 Å². The summed E-state index contributed by atoms with van der Waals surface area (Å²) in [6.07, 6.45) is 1.03. The molecule has 9 heteroatoms. The van der Waals surface area contributed by atoms with E-state index in [0.717, 1.165) is 0 Å². The summed E-state index contributed by atoms with van der Waals surface area (Å²) >= 11 is 0. The maximum absolute atomic E-state index is 11.7. The smallest absolute Gasteiger partial charge is 0.280 e. The van der Waals surface area contributed by atoms with E-state index in [9.17, 15) is 15.0 Å². The molecule has 108 valence electrons. The average Bonchev–Trinajstić information content (AvgIpc) is 3.00. The lowest BCUT2D eigenvalue weighted by Gasteiger charge is -2.20. The fourth-order valence-electron chi connectivity index (χ4n) is 2.62. The molecule has 0 saturated carbocycles. The summed E-state index contributed by atoms with van der Waals surface area (Å²) in [6.45, 7) is -0.0188. The van der Waals surface area contributed by atoms with Crippen molar-refractivity contribution in [1.82, 2.24) is 19.5 Å². The molecule has 3 rings (SSSR count). The zero-order valence-corrected chi connectivity index (χ0v) is 10.6. The van der Waals surface area contributed by atoms with Crippen LogP contribution in [0.1, 0.15) is 6.04 Å². The molecule has 2 aromatic heterocycles. The van der Waals surface area contributed by atoms with Gasteiger partial charge in [-0.05, 0) is 0 Å². The van der Waals surface area contributed by atoms with Crippen molar-refractivity contribution in [3.8, 4) is 0 Å². The first kappa shape index (κ1) is 13.0. The summed E-state index contributed by atoms with van der Waals surface area (Å²) in [5, 5.41) is 18.7. The Hall–Kier alpha value is -1.97. The van der Waals surface area contributed by atoms with Crippen LogP contribution < -0.4 is 11.3 Å². The van der Waals surface area contributed by atoms with Gasteiger partial charge >= 0.3 is 0 Å². The second kappa shape index (κ2) is 4.85. The molecule has 2 aromatic rings. The summed E-state index contributed by atoms with van der Waals surface area (Å²) in [5.74, 6) is -0.290. The number of ether oxygens (including phenoxy) is 1. The number of aromatic amines is 1. The molecule has 20 heavy (non-hydrogen) atoms. The molecule has 0 spiro atoms. The van der Waals surface area contributed by atoms with Crippen molar-refractivity contribution >= 4 is 17.1 Å². The number of nitrogens with one attached hydrogen (secondary N) is 1. The van der Waals surface area contributed by atoms with Gasteiger partial charge in [0.1, 0.15) is 0 Å². The minimum atomic E-state index is -0.443. The van der Waals surface area contributed by atoms with Gasteiger partial charge < -0.3 is 25.3 Å². The lowest BCUT2D eigenvalue weighted by atomic mass is 9.98. The quantitative estimate of drug-likeness (QED) is 0.522. The number of anilines is 1. The van der Waals surface area contributed by atoms with E-state index in [0.29, 0.717) is 12.3 Å². The van der Waals surface area contributed by atoms with Crippen LogP contribution in [-0.4, -0.2) is 55.7 Å². The van der Waals surface area contributed by atoms with Crippen molar-refractivity contribution in [1.29, 1.82) is 0 Å². The van der Waals surface area contributed by atoms with Crippen molar-refractivity contribution in [3.05, 3.63) is 16.7 Å². The lowest BCUT2D eigenvalue weighted by Crippen LogP contribution is -2.28. The van der Waals surface area contributed by atoms with Crippen LogP contribution in [-0.2, 0) is 4.74 Å². The summed E-state index contributed by atoms with van der Waals surface area (Å²) in [4.78, 5) is 22.2. The molecule has 1 saturated heterocycles. The first-order chi connectivity index (χ1) is 9.65. The Labute approximate surface area is 113 Å². The predicted molar refractivity (Wildman–Crippen MR) is 69.0 cm³/mol. The molecule has 3 atom stereocenters. The van der Waals surface area contributed by atoms with Crippen molar-refractivity contribution < 1.29 is 14.9 Å². The third kappa shape index (κ3) is 1.87. The van der Waals surface area contributed by atoms with Gasteiger partial charge in [-0.15, -0.1) is 0 Å². The van der Waals surface area contributed by atoms with E-state index in [1.165, 1.54) is 6.33 Å². The molecule has 5 N–H and O–H groups in total. The van der Waals surface area contributed by atoms with E-state index in [1.807, 2.05) is 0 Å². The molecule has 9 nitrogen and oxygen atoms in total. The molecular weight excluding hydrogens is 266 g/mol. The highest BCUT2D eigenvalue weighted by atomic mass is 16.5. The largest absolute Gasteiger partial charge is 0.396 e. The number of nitrogen functional groups attached to an aromatic ring is 1. The zero-order valence-electron chi connectivity index (χ0n) is 10.6. The molecule has 0 bridgehead atoms. The van der Waals surface area contributed by atoms with Gasteiger partial charge in [0, 0.05) is 5.92 Å². The van der Waals surface area contributed by atoms with Crippen LogP contribution in [0.15, 0.2) is 11.1 Å². The number of nitrogens with zero attached hydrogens (tertiary/aromatic N) is 3. The Balaban J connectivity index is 2.09. The molecule has 0 aliphatic carbocycles. The first-order valence-corrected chi connectivity index (χ1v) is 6.21. The molecule has 1 aliphatic rings. The van der Waals surface area contributed by atoms with Crippen LogP contribution in [0.5, 0.6) is 0 Å². The molecule has 0 aromatic carbocycles. The Bertz CT molecular complexity index is 681. The van der Waals surface area contributed by atoms with E-state index < -0.39 is 11.7 Å².